The summed E-state index contributed by atoms with van der Waals surface area (Å²) in [5.74, 6) is 0. The average Bonchev–Trinajstić information content (AvgIpc) is 2.30. The zero-order chi connectivity index (χ0) is 12.0. The van der Waals surface area contributed by atoms with Crippen molar-refractivity contribution in [1.82, 2.24) is 10.2 Å². The van der Waals surface area contributed by atoms with E-state index < -0.39 is 0 Å². The van der Waals surface area contributed by atoms with E-state index in [-0.39, 0.29) is 0 Å². The minimum absolute atomic E-state index is 0.492. The van der Waals surface area contributed by atoms with Gasteiger partial charge in [-0.1, -0.05) is 20.8 Å². The summed E-state index contributed by atoms with van der Waals surface area (Å²) in [4.78, 5) is 2.62. The first-order chi connectivity index (χ1) is 7.67. The van der Waals surface area contributed by atoms with Gasteiger partial charge in [0.15, 0.2) is 0 Å². The van der Waals surface area contributed by atoms with E-state index in [4.69, 9.17) is 4.74 Å². The number of nitrogens with one attached hydrogen (secondary N) is 1. The number of hydrogen-bond acceptors (Lipinski definition) is 3. The van der Waals surface area contributed by atoms with Crippen LogP contribution in [-0.2, 0) is 4.74 Å². The fourth-order valence-corrected chi connectivity index (χ4v) is 2.38. The van der Waals surface area contributed by atoms with Crippen molar-refractivity contribution in [2.75, 3.05) is 26.7 Å². The zero-order valence-electron chi connectivity index (χ0n) is 11.3. The van der Waals surface area contributed by atoms with Gasteiger partial charge >= 0.3 is 0 Å². The summed E-state index contributed by atoms with van der Waals surface area (Å²) in [5, 5.41) is 3.55. The summed E-state index contributed by atoms with van der Waals surface area (Å²) in [6.07, 6.45) is 4.10. The third-order valence-electron chi connectivity index (χ3n) is 3.56. The van der Waals surface area contributed by atoms with Crippen molar-refractivity contribution in [3.05, 3.63) is 0 Å². The summed E-state index contributed by atoms with van der Waals surface area (Å²) < 4.78 is 5.41. The third-order valence-corrected chi connectivity index (χ3v) is 3.56. The number of hydrogen-bond donors (Lipinski definition) is 1. The first-order valence-electron chi connectivity index (χ1n) is 6.67. The van der Waals surface area contributed by atoms with Gasteiger partial charge < -0.3 is 10.1 Å². The van der Waals surface area contributed by atoms with Gasteiger partial charge in [-0.15, -0.1) is 0 Å². The molecular formula is C13H28N2O. The maximum atomic E-state index is 5.41. The van der Waals surface area contributed by atoms with Crippen LogP contribution in [0.2, 0.25) is 0 Å². The van der Waals surface area contributed by atoms with Crippen LogP contribution in [0, 0.1) is 0 Å². The summed E-state index contributed by atoms with van der Waals surface area (Å²) in [6.45, 7) is 10.2. The molecule has 0 aromatic rings. The topological polar surface area (TPSA) is 24.5 Å². The number of likely N-dealkylation sites (tertiary alicyclic amines) is 1. The molecule has 0 radical (unpaired) electrons. The Balaban J connectivity index is 2.31. The second-order valence-electron chi connectivity index (χ2n) is 5.10. The molecule has 1 atom stereocenters. The van der Waals surface area contributed by atoms with E-state index in [1.54, 1.807) is 0 Å². The molecule has 0 spiro atoms. The van der Waals surface area contributed by atoms with Gasteiger partial charge in [0, 0.05) is 38.8 Å². The molecule has 0 saturated carbocycles. The zero-order valence-corrected chi connectivity index (χ0v) is 11.3. The van der Waals surface area contributed by atoms with Crippen LogP contribution in [0.5, 0.6) is 0 Å². The van der Waals surface area contributed by atoms with E-state index in [0.29, 0.717) is 18.2 Å². The minimum atomic E-state index is 0.492. The van der Waals surface area contributed by atoms with Crippen LogP contribution in [-0.4, -0.2) is 49.8 Å². The fourth-order valence-electron chi connectivity index (χ4n) is 2.38. The van der Waals surface area contributed by atoms with E-state index in [2.05, 4.69) is 31.0 Å². The average molecular weight is 228 g/mol. The maximum Gasteiger partial charge on any atom is 0.0595 e. The molecule has 1 aliphatic heterocycles. The van der Waals surface area contributed by atoms with Crippen LogP contribution < -0.4 is 5.32 Å². The van der Waals surface area contributed by atoms with Crippen molar-refractivity contribution < 1.29 is 4.74 Å². The highest BCUT2D eigenvalue weighted by atomic mass is 16.5. The normalized spacial score (nSPS) is 21.6. The van der Waals surface area contributed by atoms with Gasteiger partial charge in [0.2, 0.25) is 0 Å². The first kappa shape index (κ1) is 13.9. The summed E-state index contributed by atoms with van der Waals surface area (Å²) in [5.41, 5.74) is 0. The molecular weight excluding hydrogens is 200 g/mol. The van der Waals surface area contributed by atoms with Crippen LogP contribution in [0.3, 0.4) is 0 Å². The Hall–Kier alpha value is -0.120. The molecule has 96 valence electrons. The van der Waals surface area contributed by atoms with Gasteiger partial charge in [-0.05, 0) is 19.3 Å². The Morgan fingerprint density at radius 1 is 1.31 bits per heavy atom. The second-order valence-corrected chi connectivity index (χ2v) is 5.10. The number of ether oxygens (including phenoxy) is 1. The molecule has 16 heavy (non-hydrogen) atoms. The predicted octanol–water partition coefficient (Wildman–Crippen LogP) is 1.87. The van der Waals surface area contributed by atoms with Gasteiger partial charge in [0.05, 0.1) is 6.10 Å². The van der Waals surface area contributed by atoms with Crippen LogP contribution >= 0.6 is 0 Å². The van der Waals surface area contributed by atoms with E-state index in [0.717, 1.165) is 6.54 Å². The van der Waals surface area contributed by atoms with Crippen molar-refractivity contribution in [2.45, 2.75) is 58.2 Å². The Morgan fingerprint density at radius 3 is 2.38 bits per heavy atom. The Kier molecular flexibility index (Phi) is 6.32. The van der Waals surface area contributed by atoms with Gasteiger partial charge in [0.25, 0.3) is 0 Å². The number of rotatable bonds is 6. The molecule has 1 heterocycles. The molecule has 0 aromatic heterocycles. The van der Waals surface area contributed by atoms with Gasteiger partial charge in [0.1, 0.15) is 0 Å². The highest BCUT2D eigenvalue weighted by Gasteiger charge is 2.23. The minimum Gasteiger partial charge on any atom is -0.381 e. The number of nitrogens with zero attached hydrogens (tertiary/aromatic N) is 1. The number of methoxy groups -OCH3 is 1. The molecule has 3 nitrogen and oxygen atoms in total. The molecule has 1 N–H and O–H groups in total. The number of piperidine rings is 1. The highest BCUT2D eigenvalue weighted by Crippen LogP contribution is 2.16. The molecule has 1 unspecified atom stereocenters. The van der Waals surface area contributed by atoms with E-state index >= 15 is 0 Å². The highest BCUT2D eigenvalue weighted by molar-refractivity contribution is 4.79. The molecule has 0 amide bonds. The van der Waals surface area contributed by atoms with Crippen molar-refractivity contribution in [3.63, 3.8) is 0 Å². The van der Waals surface area contributed by atoms with Crippen molar-refractivity contribution in [1.29, 1.82) is 0 Å². The van der Waals surface area contributed by atoms with Crippen LogP contribution in [0.15, 0.2) is 0 Å². The van der Waals surface area contributed by atoms with Crippen LogP contribution in [0.4, 0.5) is 0 Å². The Bertz CT molecular complexity index is 177. The SMILES string of the molecule is CCC(CNC(C)C)N1CCC(OC)CC1. The molecule has 1 fully saturated rings. The van der Waals surface area contributed by atoms with Gasteiger partial charge in [-0.2, -0.15) is 0 Å². The van der Waals surface area contributed by atoms with Crippen molar-refractivity contribution in [2.24, 2.45) is 0 Å². The molecule has 0 bridgehead atoms. The maximum absolute atomic E-state index is 5.41. The van der Waals surface area contributed by atoms with Gasteiger partial charge in [-0.3, -0.25) is 4.90 Å². The summed E-state index contributed by atoms with van der Waals surface area (Å²) in [7, 11) is 1.83. The van der Waals surface area contributed by atoms with Crippen molar-refractivity contribution >= 4 is 0 Å². The fraction of sp³-hybridized carbons (Fsp3) is 1.00. The standard InChI is InChI=1S/C13H28N2O/c1-5-12(10-14-11(2)3)15-8-6-13(16-4)7-9-15/h11-14H,5-10H2,1-4H3. The lowest BCUT2D eigenvalue weighted by Gasteiger charge is -2.37. The molecule has 1 rings (SSSR count). The van der Waals surface area contributed by atoms with E-state index in [9.17, 15) is 0 Å². The predicted molar refractivity (Wildman–Crippen MR) is 68.8 cm³/mol. The van der Waals surface area contributed by atoms with Crippen molar-refractivity contribution in [3.8, 4) is 0 Å². The lowest BCUT2D eigenvalue weighted by Crippen LogP contribution is -2.48. The summed E-state index contributed by atoms with van der Waals surface area (Å²) in [6, 6.07) is 1.28. The van der Waals surface area contributed by atoms with Gasteiger partial charge in [-0.25, -0.2) is 0 Å². The quantitative estimate of drug-likeness (QED) is 0.751. The van der Waals surface area contributed by atoms with E-state index in [1.807, 2.05) is 7.11 Å². The molecule has 3 heteroatoms. The molecule has 0 aliphatic carbocycles. The van der Waals surface area contributed by atoms with Crippen LogP contribution in [0.1, 0.15) is 40.0 Å². The molecule has 0 aromatic carbocycles. The smallest absolute Gasteiger partial charge is 0.0595 e. The Morgan fingerprint density at radius 2 is 1.94 bits per heavy atom. The van der Waals surface area contributed by atoms with E-state index in [1.165, 1.54) is 32.4 Å². The largest absolute Gasteiger partial charge is 0.381 e. The molecule has 1 saturated heterocycles. The van der Waals surface area contributed by atoms with Crippen LogP contribution in [0.25, 0.3) is 0 Å². The second kappa shape index (κ2) is 7.25. The Labute approximate surface area is 101 Å². The monoisotopic (exact) mass is 228 g/mol. The lowest BCUT2D eigenvalue weighted by atomic mass is 10.0. The summed E-state index contributed by atoms with van der Waals surface area (Å²) >= 11 is 0. The third kappa shape index (κ3) is 4.40. The first-order valence-corrected chi connectivity index (χ1v) is 6.67. The molecule has 1 aliphatic rings. The lowest BCUT2D eigenvalue weighted by molar-refractivity contribution is 0.0263.